The summed E-state index contributed by atoms with van der Waals surface area (Å²) in [6.07, 6.45) is 1.75. The number of hydrogen-bond acceptors (Lipinski definition) is 3. The van der Waals surface area contributed by atoms with Gasteiger partial charge in [-0.25, -0.2) is 4.39 Å². The molecule has 2 rings (SSSR count). The van der Waals surface area contributed by atoms with E-state index in [-0.39, 0.29) is 22.9 Å². The summed E-state index contributed by atoms with van der Waals surface area (Å²) >= 11 is 0. The monoisotopic (exact) mass is 266 g/mol. The number of aryl methyl sites for hydroxylation is 1. The fourth-order valence-electron chi connectivity index (χ4n) is 2.40. The third-order valence-electron chi connectivity index (χ3n) is 3.49. The normalized spacial score (nSPS) is 18.7. The molecule has 5 nitrogen and oxygen atoms in total. The van der Waals surface area contributed by atoms with Crippen LogP contribution in [0.1, 0.15) is 35.7 Å². The third kappa shape index (κ3) is 2.43. The highest BCUT2D eigenvalue weighted by Crippen LogP contribution is 2.25. The Morgan fingerprint density at radius 3 is 2.74 bits per heavy atom. The van der Waals surface area contributed by atoms with Crippen LogP contribution in [-0.4, -0.2) is 28.3 Å². The van der Waals surface area contributed by atoms with Gasteiger partial charge in [-0.1, -0.05) is 0 Å². The summed E-state index contributed by atoms with van der Waals surface area (Å²) in [6, 6.07) is 2.21. The number of nitrogens with zero attached hydrogens (tertiary/aromatic N) is 2. The molecule has 1 aliphatic heterocycles. The van der Waals surface area contributed by atoms with Crippen molar-refractivity contribution in [3.05, 3.63) is 39.2 Å². The van der Waals surface area contributed by atoms with E-state index in [0.717, 1.165) is 25.0 Å². The first-order valence-corrected chi connectivity index (χ1v) is 6.17. The number of non-ortho nitro benzene ring substituents is 1. The largest absolute Gasteiger partial charge is 0.336 e. The second-order valence-corrected chi connectivity index (χ2v) is 4.87. The van der Waals surface area contributed by atoms with Gasteiger partial charge < -0.3 is 4.90 Å². The van der Waals surface area contributed by atoms with Gasteiger partial charge in [0.2, 0.25) is 0 Å². The predicted molar refractivity (Wildman–Crippen MR) is 67.5 cm³/mol. The van der Waals surface area contributed by atoms with E-state index in [1.165, 1.54) is 6.92 Å². The first-order chi connectivity index (χ1) is 8.91. The predicted octanol–water partition coefficient (Wildman–Crippen LogP) is 2.67. The van der Waals surface area contributed by atoms with Crippen LogP contribution in [0.4, 0.5) is 10.1 Å². The van der Waals surface area contributed by atoms with Gasteiger partial charge in [0.25, 0.3) is 11.6 Å². The number of nitro benzene ring substituents is 1. The Morgan fingerprint density at radius 1 is 1.53 bits per heavy atom. The van der Waals surface area contributed by atoms with Crippen LogP contribution in [0.25, 0.3) is 0 Å². The van der Waals surface area contributed by atoms with E-state index in [9.17, 15) is 19.3 Å². The van der Waals surface area contributed by atoms with Gasteiger partial charge in [-0.15, -0.1) is 0 Å². The second kappa shape index (κ2) is 4.95. The Morgan fingerprint density at radius 2 is 2.21 bits per heavy atom. The minimum atomic E-state index is -0.672. The molecule has 1 fully saturated rings. The molecular weight excluding hydrogens is 251 g/mol. The molecule has 19 heavy (non-hydrogen) atoms. The molecule has 1 aromatic rings. The highest BCUT2D eigenvalue weighted by molar-refractivity contribution is 5.95. The number of carbonyl (C=O) groups excluding carboxylic acids is 1. The molecule has 0 bridgehead atoms. The molecule has 1 heterocycles. The summed E-state index contributed by atoms with van der Waals surface area (Å²) in [5, 5.41) is 10.8. The smallest absolute Gasteiger partial charge is 0.270 e. The van der Waals surface area contributed by atoms with Crippen LogP contribution >= 0.6 is 0 Å². The highest BCUT2D eigenvalue weighted by atomic mass is 19.1. The van der Waals surface area contributed by atoms with Gasteiger partial charge in [0.05, 0.1) is 10.5 Å². The number of halogens is 1. The van der Waals surface area contributed by atoms with E-state index in [2.05, 4.69) is 0 Å². The lowest BCUT2D eigenvalue weighted by Gasteiger charge is -2.21. The third-order valence-corrected chi connectivity index (χ3v) is 3.49. The fraction of sp³-hybridized carbons (Fsp3) is 0.462. The van der Waals surface area contributed by atoms with Crippen LogP contribution in [0.2, 0.25) is 0 Å². The van der Waals surface area contributed by atoms with Crippen LogP contribution in [0.3, 0.4) is 0 Å². The van der Waals surface area contributed by atoms with Gasteiger partial charge >= 0.3 is 0 Å². The number of nitro groups is 1. The zero-order chi connectivity index (χ0) is 14.2. The molecule has 0 saturated carbocycles. The highest BCUT2D eigenvalue weighted by Gasteiger charge is 2.29. The number of rotatable bonds is 2. The van der Waals surface area contributed by atoms with Gasteiger partial charge in [0.15, 0.2) is 0 Å². The average Bonchev–Trinajstić information content (AvgIpc) is 2.77. The summed E-state index contributed by atoms with van der Waals surface area (Å²) < 4.78 is 14.0. The maximum Gasteiger partial charge on any atom is 0.270 e. The minimum absolute atomic E-state index is 0.0477. The van der Waals surface area contributed by atoms with Crippen LogP contribution in [-0.2, 0) is 0 Å². The minimum Gasteiger partial charge on any atom is -0.336 e. The quantitative estimate of drug-likeness (QED) is 0.610. The topological polar surface area (TPSA) is 63.5 Å². The molecule has 1 aliphatic rings. The van der Waals surface area contributed by atoms with E-state index in [1.54, 1.807) is 4.90 Å². The van der Waals surface area contributed by atoms with Crippen molar-refractivity contribution >= 4 is 11.6 Å². The number of amides is 1. The van der Waals surface area contributed by atoms with Crippen molar-refractivity contribution in [1.82, 2.24) is 4.90 Å². The number of hydrogen-bond donors (Lipinski definition) is 0. The van der Waals surface area contributed by atoms with Gasteiger partial charge in [0, 0.05) is 24.7 Å². The summed E-state index contributed by atoms with van der Waals surface area (Å²) in [5.41, 5.74) is -0.348. The Hall–Kier alpha value is -1.98. The Balaban J connectivity index is 2.43. The molecular formula is C13H15FN2O3. The molecule has 1 amide bonds. The molecule has 6 heteroatoms. The summed E-state index contributed by atoms with van der Waals surface area (Å²) in [6.45, 7) is 3.89. The maximum absolute atomic E-state index is 14.0. The lowest BCUT2D eigenvalue weighted by atomic mass is 10.1. The second-order valence-electron chi connectivity index (χ2n) is 4.87. The zero-order valence-corrected chi connectivity index (χ0v) is 10.9. The molecule has 1 atom stereocenters. The number of benzene rings is 1. The Kier molecular flexibility index (Phi) is 3.50. The summed E-state index contributed by atoms with van der Waals surface area (Å²) in [7, 11) is 0. The molecule has 1 unspecified atom stereocenters. The standard InChI is InChI=1S/C13H15FN2O3/c1-8-6-10(16(18)19)7-11(12(8)14)13(17)15-5-3-4-9(15)2/h6-7,9H,3-5H2,1-2H3. The van der Waals surface area contributed by atoms with Crippen LogP contribution < -0.4 is 0 Å². The fourth-order valence-corrected chi connectivity index (χ4v) is 2.40. The van der Waals surface area contributed by atoms with Crippen molar-refractivity contribution in [3.8, 4) is 0 Å². The molecule has 0 spiro atoms. The maximum atomic E-state index is 14.0. The SMILES string of the molecule is Cc1cc([N+](=O)[O-])cc(C(=O)N2CCCC2C)c1F. The van der Waals surface area contributed by atoms with E-state index >= 15 is 0 Å². The average molecular weight is 266 g/mol. The van der Waals surface area contributed by atoms with E-state index < -0.39 is 16.6 Å². The van der Waals surface area contributed by atoms with Crippen LogP contribution in [0, 0.1) is 22.9 Å². The van der Waals surface area contributed by atoms with Crippen LogP contribution in [0.5, 0.6) is 0 Å². The molecule has 1 aromatic carbocycles. The first-order valence-electron chi connectivity index (χ1n) is 6.17. The molecule has 1 saturated heterocycles. The summed E-state index contributed by atoms with van der Waals surface area (Å²) in [4.78, 5) is 24.0. The molecule has 0 aromatic heterocycles. The molecule has 0 radical (unpaired) electrons. The molecule has 102 valence electrons. The van der Waals surface area contributed by atoms with Crippen LogP contribution in [0.15, 0.2) is 12.1 Å². The summed E-state index contributed by atoms with van der Waals surface area (Å²) in [5.74, 6) is -1.14. The number of carbonyl (C=O) groups is 1. The first kappa shape index (κ1) is 13.5. The lowest BCUT2D eigenvalue weighted by Crippen LogP contribution is -2.34. The van der Waals surface area contributed by atoms with Crippen molar-refractivity contribution in [2.45, 2.75) is 32.7 Å². The number of likely N-dealkylation sites (tertiary alicyclic amines) is 1. The van der Waals surface area contributed by atoms with E-state index in [4.69, 9.17) is 0 Å². The van der Waals surface area contributed by atoms with Gasteiger partial charge in [-0.05, 0) is 32.3 Å². The van der Waals surface area contributed by atoms with E-state index in [0.29, 0.717) is 6.54 Å². The van der Waals surface area contributed by atoms with E-state index in [1.807, 2.05) is 6.92 Å². The van der Waals surface area contributed by atoms with Crippen molar-refractivity contribution in [3.63, 3.8) is 0 Å². The van der Waals surface area contributed by atoms with Gasteiger partial charge in [-0.2, -0.15) is 0 Å². The lowest BCUT2D eigenvalue weighted by molar-refractivity contribution is -0.385. The zero-order valence-electron chi connectivity index (χ0n) is 10.9. The Labute approximate surface area is 110 Å². The molecule has 0 N–H and O–H groups in total. The van der Waals surface area contributed by atoms with Crippen molar-refractivity contribution in [2.75, 3.05) is 6.54 Å². The van der Waals surface area contributed by atoms with Crippen molar-refractivity contribution < 1.29 is 14.1 Å². The van der Waals surface area contributed by atoms with Gasteiger partial charge in [0.1, 0.15) is 5.82 Å². The molecule has 0 aliphatic carbocycles. The Bertz CT molecular complexity index is 545. The van der Waals surface area contributed by atoms with Crippen molar-refractivity contribution in [2.24, 2.45) is 0 Å². The van der Waals surface area contributed by atoms with Crippen molar-refractivity contribution in [1.29, 1.82) is 0 Å². The van der Waals surface area contributed by atoms with Gasteiger partial charge in [-0.3, -0.25) is 14.9 Å².